The molecule has 1 aliphatic carbocycles. The number of cyclic esters (lactones) is 1. The molecule has 14 nitrogen and oxygen atoms in total. The summed E-state index contributed by atoms with van der Waals surface area (Å²) in [6.07, 6.45) is 6.78. The van der Waals surface area contributed by atoms with E-state index in [0.29, 0.717) is 48.8 Å². The summed E-state index contributed by atoms with van der Waals surface area (Å²) in [7, 11) is 1.74. The van der Waals surface area contributed by atoms with Crippen LogP contribution in [0.3, 0.4) is 0 Å². The lowest BCUT2D eigenvalue weighted by Gasteiger charge is -2.40. The number of rotatable bonds is 6. The van der Waals surface area contributed by atoms with E-state index in [-0.39, 0.29) is 30.0 Å². The predicted molar refractivity (Wildman–Crippen MR) is 237 cm³/mol. The largest absolute Gasteiger partial charge is 0.464 e. The van der Waals surface area contributed by atoms with Crippen LogP contribution < -0.4 is 16.1 Å². The number of thiazole rings is 1. The molecule has 3 saturated heterocycles. The van der Waals surface area contributed by atoms with E-state index >= 15 is 0 Å². The van der Waals surface area contributed by atoms with E-state index in [9.17, 15) is 14.4 Å². The molecule has 4 aromatic rings. The summed E-state index contributed by atoms with van der Waals surface area (Å²) < 4.78 is 26.2. The average Bonchev–Trinajstić information content (AvgIpc) is 3.71. The zero-order valence-corrected chi connectivity index (χ0v) is 37.9. The van der Waals surface area contributed by atoms with Crippen LogP contribution in [0, 0.1) is 5.41 Å². The Bertz CT molecular complexity index is 2340. The Kier molecular flexibility index (Phi) is 11.7. The fourth-order valence-electron chi connectivity index (χ4n) is 9.99. The highest BCUT2D eigenvalue weighted by Crippen LogP contribution is 2.52. The number of hydrogen-bond donors (Lipinski definition) is 3. The maximum absolute atomic E-state index is 14.4. The van der Waals surface area contributed by atoms with Crippen LogP contribution in [0.5, 0.6) is 0 Å². The first-order valence-corrected chi connectivity index (χ1v) is 23.3. The van der Waals surface area contributed by atoms with E-state index in [1.807, 2.05) is 12.3 Å². The molecule has 3 N–H and O–H groups in total. The van der Waals surface area contributed by atoms with E-state index in [1.165, 1.54) is 27.5 Å². The Labute approximate surface area is 367 Å². The molecule has 0 unspecified atom stereocenters. The van der Waals surface area contributed by atoms with Crippen LogP contribution >= 0.6 is 11.3 Å². The van der Waals surface area contributed by atoms with Gasteiger partial charge in [0.1, 0.15) is 17.7 Å². The summed E-state index contributed by atoms with van der Waals surface area (Å²) in [4.78, 5) is 51.9. The number of carbonyl (C=O) groups excluding carboxylic acids is 3. The van der Waals surface area contributed by atoms with Crippen molar-refractivity contribution in [3.05, 3.63) is 57.7 Å². The van der Waals surface area contributed by atoms with Gasteiger partial charge in [-0.1, -0.05) is 13.0 Å². The highest BCUT2D eigenvalue weighted by molar-refractivity contribution is 7.10. The summed E-state index contributed by atoms with van der Waals surface area (Å²) in [5.74, 6) is -0.914. The molecular formula is C47H61N7O7S. The first-order chi connectivity index (χ1) is 29.7. The molecule has 3 aromatic heterocycles. The number of methoxy groups -OCH3 is 1. The zero-order valence-electron chi connectivity index (χ0n) is 37.0. The van der Waals surface area contributed by atoms with Crippen LogP contribution in [0.2, 0.25) is 0 Å². The molecule has 15 heteroatoms. The normalized spacial score (nSPS) is 26.8. The van der Waals surface area contributed by atoms with Crippen molar-refractivity contribution in [3.63, 3.8) is 0 Å². The topological polar surface area (TPSA) is 158 Å². The molecule has 7 atom stereocenters. The number of aromatic nitrogens is 3. The Balaban J connectivity index is 1.18. The summed E-state index contributed by atoms with van der Waals surface area (Å²) in [5.41, 5.74) is 10.6. The molecule has 1 aromatic carbocycles. The van der Waals surface area contributed by atoms with Crippen LogP contribution in [0.15, 0.2) is 35.8 Å². The summed E-state index contributed by atoms with van der Waals surface area (Å²) in [6.45, 7) is 14.3. The van der Waals surface area contributed by atoms with Crippen LogP contribution in [-0.2, 0) is 41.5 Å². The molecule has 0 radical (unpaired) electrons. The lowest BCUT2D eigenvalue weighted by atomic mass is 9.82. The molecule has 62 heavy (non-hydrogen) atoms. The monoisotopic (exact) mass is 867 g/mol. The van der Waals surface area contributed by atoms with E-state index in [0.717, 1.165) is 84.6 Å². The maximum Gasteiger partial charge on any atom is 0.408 e. The van der Waals surface area contributed by atoms with Crippen molar-refractivity contribution in [2.75, 3.05) is 33.5 Å². The SMILES string of the molecule is CCn1c(-c2cc([C@@H]3C[C@H]4COC[C@@H](C3)N4)cnc2[C@H](C)OC)c2c3cc(ccc31)-c1csc(n1)[C@@H](C)[C@H](NC(=O)OC(C)(C)C)C(=O)N1CCC[C@H](N1)C(=O)OCC1(CC1)C2. The second-order valence-electron chi connectivity index (χ2n) is 19.2. The van der Waals surface area contributed by atoms with Crippen molar-refractivity contribution >= 4 is 40.2 Å². The molecule has 332 valence electrons. The standard InChI is InChI=1S/C47H61N7O7S/c1-8-53-38-12-11-28-18-33(38)35(41(53)34-19-30(21-48-40(34)27(3)58-7)29-16-31-22-59-23-32(17-29)49-31)20-47(13-14-47)25-60-44(56)36-10-9-15-54(52-36)43(55)39(51-45(57)61-46(4,5)6)26(2)42-50-37(28)24-62-42/h11-12,18-19,21,24,26-27,29,31-32,36,39,49,52H,8-10,13-17,20,22-23,25H2,1-7H3,(H,51,57)/t26-,27-,29-,31+,32-,36-,39-/m0/s1. The van der Waals surface area contributed by atoms with Crippen molar-refractivity contribution in [1.82, 2.24) is 35.6 Å². The number of ether oxygens (including phenoxy) is 4. The van der Waals surface area contributed by atoms with Gasteiger partial charge < -0.3 is 34.1 Å². The highest BCUT2D eigenvalue weighted by Gasteiger charge is 2.47. The Morgan fingerprint density at radius 2 is 1.92 bits per heavy atom. The predicted octanol–water partition coefficient (Wildman–Crippen LogP) is 7.16. The Morgan fingerprint density at radius 1 is 1.15 bits per heavy atom. The number of hydrazine groups is 1. The fraction of sp³-hybridized carbons (Fsp3) is 0.596. The van der Waals surface area contributed by atoms with Gasteiger partial charge in [-0.3, -0.25) is 19.6 Å². The van der Waals surface area contributed by atoms with Crippen molar-refractivity contribution in [1.29, 1.82) is 0 Å². The van der Waals surface area contributed by atoms with Gasteiger partial charge in [-0.15, -0.1) is 11.3 Å². The lowest BCUT2D eigenvalue weighted by molar-refractivity contribution is -0.154. The number of aryl methyl sites for hydroxylation is 1. The number of esters is 1. The molecule has 1 saturated carbocycles. The van der Waals surface area contributed by atoms with Crippen molar-refractivity contribution < 1.29 is 33.3 Å². The van der Waals surface area contributed by atoms with E-state index in [1.54, 1.807) is 27.9 Å². The van der Waals surface area contributed by atoms with Gasteiger partial charge in [0.2, 0.25) is 0 Å². The second-order valence-corrected chi connectivity index (χ2v) is 20.1. The first-order valence-electron chi connectivity index (χ1n) is 22.4. The van der Waals surface area contributed by atoms with Gasteiger partial charge in [-0.05, 0) is 115 Å². The quantitative estimate of drug-likeness (QED) is 0.169. The van der Waals surface area contributed by atoms with Crippen molar-refractivity contribution in [2.45, 2.75) is 141 Å². The number of piperidine rings is 1. The smallest absolute Gasteiger partial charge is 0.408 e. The van der Waals surface area contributed by atoms with Gasteiger partial charge in [-0.25, -0.2) is 15.2 Å². The van der Waals surface area contributed by atoms with Crippen LogP contribution in [0.1, 0.15) is 120 Å². The van der Waals surface area contributed by atoms with Gasteiger partial charge >= 0.3 is 12.1 Å². The minimum atomic E-state index is -1.01. The molecular weight excluding hydrogens is 807 g/mol. The second kappa shape index (κ2) is 16.9. The first kappa shape index (κ1) is 42.9. The van der Waals surface area contributed by atoms with Gasteiger partial charge in [-0.2, -0.15) is 0 Å². The Morgan fingerprint density at radius 3 is 2.63 bits per heavy atom. The van der Waals surface area contributed by atoms with Crippen molar-refractivity contribution in [2.24, 2.45) is 5.41 Å². The van der Waals surface area contributed by atoms with Gasteiger partial charge in [0, 0.05) is 77.2 Å². The molecule has 4 fully saturated rings. The molecule has 9 rings (SSSR count). The summed E-state index contributed by atoms with van der Waals surface area (Å²) in [6, 6.07) is 7.88. The molecule has 7 heterocycles. The Hall–Kier alpha value is -4.41. The number of amides is 2. The summed E-state index contributed by atoms with van der Waals surface area (Å²) in [5, 5.41) is 11.9. The van der Waals surface area contributed by atoms with Crippen LogP contribution in [-0.4, -0.2) is 101 Å². The van der Waals surface area contributed by atoms with Gasteiger partial charge in [0.15, 0.2) is 0 Å². The van der Waals surface area contributed by atoms with E-state index in [2.05, 4.69) is 64.9 Å². The minimum Gasteiger partial charge on any atom is -0.464 e. The molecule has 1 spiro atoms. The number of nitrogens with one attached hydrogen (secondary N) is 3. The molecule has 2 amide bonds. The van der Waals surface area contributed by atoms with Gasteiger partial charge in [0.25, 0.3) is 5.91 Å². The third-order valence-corrected chi connectivity index (χ3v) is 14.6. The fourth-order valence-corrected chi connectivity index (χ4v) is 10.9. The molecule has 8 bridgehead atoms. The van der Waals surface area contributed by atoms with Crippen LogP contribution in [0.4, 0.5) is 4.79 Å². The van der Waals surface area contributed by atoms with Crippen LogP contribution in [0.25, 0.3) is 33.4 Å². The number of carbonyl (C=O) groups is 3. The third kappa shape index (κ3) is 8.50. The van der Waals surface area contributed by atoms with Crippen molar-refractivity contribution in [3.8, 4) is 22.5 Å². The number of hydrogen-bond acceptors (Lipinski definition) is 12. The lowest BCUT2D eigenvalue weighted by Crippen LogP contribution is -2.61. The number of fused-ring (bicyclic) bond motifs is 8. The number of morpholine rings is 1. The molecule has 5 aliphatic rings. The number of benzene rings is 1. The number of nitrogens with zero attached hydrogens (tertiary/aromatic N) is 4. The van der Waals surface area contributed by atoms with Gasteiger partial charge in [0.05, 0.1) is 48.0 Å². The molecule has 4 aliphatic heterocycles. The zero-order chi connectivity index (χ0) is 43.5. The maximum atomic E-state index is 14.4. The van der Waals surface area contributed by atoms with E-state index < -0.39 is 29.7 Å². The highest BCUT2D eigenvalue weighted by atomic mass is 32.1. The number of pyridine rings is 1. The average molecular weight is 868 g/mol. The van der Waals surface area contributed by atoms with E-state index in [4.69, 9.17) is 28.9 Å². The minimum absolute atomic E-state index is 0.250. The number of alkyl carbamates (subject to hydrolysis) is 1. The summed E-state index contributed by atoms with van der Waals surface area (Å²) >= 11 is 1.46. The third-order valence-electron chi connectivity index (χ3n) is 13.5.